The third-order valence-electron chi connectivity index (χ3n) is 5.90. The molecule has 1 amide bonds. The molecule has 0 saturated carbocycles. The van der Waals surface area contributed by atoms with Crippen molar-refractivity contribution in [3.8, 4) is 11.5 Å². The van der Waals surface area contributed by atoms with Gasteiger partial charge in [-0.15, -0.1) is 0 Å². The molecule has 0 bridgehead atoms. The van der Waals surface area contributed by atoms with Crippen LogP contribution in [0.3, 0.4) is 0 Å². The number of imidazole rings is 1. The molecular weight excluding hydrogens is 492 g/mol. The molecule has 0 spiro atoms. The maximum absolute atomic E-state index is 12.8. The molecule has 4 rings (SSSR count). The van der Waals surface area contributed by atoms with E-state index < -0.39 is 0 Å². The standard InChI is InChI=1S/C19H23N3O3.C10H15NO.C2H6/c1-4-25-15-7-5-6-14(10-15)19(24)21-9-8-17-16(11-21)20-18(12-23)22(17)13(2)3;1-8(2)12-10-6-4-9(11-3)5-7-10;1-2/h5-7,10,12-13H,4,8-9,11H2,1-3H3;4-8,11H,1-3H3;1-2H3. The largest absolute Gasteiger partial charge is 0.494 e. The minimum atomic E-state index is -0.0426. The number of rotatable bonds is 8. The number of aromatic nitrogens is 2. The second-order valence-electron chi connectivity index (χ2n) is 9.32. The van der Waals surface area contributed by atoms with Crippen LogP contribution >= 0.6 is 0 Å². The van der Waals surface area contributed by atoms with E-state index in [1.165, 1.54) is 0 Å². The quantitative estimate of drug-likeness (QED) is 0.335. The number of carbonyl (C=O) groups is 2. The van der Waals surface area contributed by atoms with Crippen molar-refractivity contribution in [1.82, 2.24) is 14.5 Å². The molecule has 0 aliphatic carbocycles. The van der Waals surface area contributed by atoms with Gasteiger partial charge in [0, 0.05) is 43.0 Å². The summed E-state index contributed by atoms with van der Waals surface area (Å²) in [6.45, 7) is 15.6. The van der Waals surface area contributed by atoms with Gasteiger partial charge < -0.3 is 24.3 Å². The van der Waals surface area contributed by atoms with Gasteiger partial charge in [0.05, 0.1) is 24.9 Å². The van der Waals surface area contributed by atoms with Crippen molar-refractivity contribution in [2.75, 3.05) is 25.5 Å². The molecule has 8 heteroatoms. The molecule has 212 valence electrons. The number of nitrogens with one attached hydrogen (secondary N) is 1. The molecular formula is C31H44N4O4. The lowest BCUT2D eigenvalue weighted by Gasteiger charge is -2.28. The van der Waals surface area contributed by atoms with Crippen LogP contribution in [-0.2, 0) is 13.0 Å². The van der Waals surface area contributed by atoms with E-state index in [4.69, 9.17) is 9.47 Å². The van der Waals surface area contributed by atoms with Gasteiger partial charge in [0.2, 0.25) is 0 Å². The molecule has 0 unspecified atom stereocenters. The Morgan fingerprint density at radius 2 is 1.77 bits per heavy atom. The number of carbonyl (C=O) groups excluding carboxylic acids is 2. The Labute approximate surface area is 233 Å². The average molecular weight is 537 g/mol. The molecule has 0 saturated heterocycles. The van der Waals surface area contributed by atoms with Gasteiger partial charge in [-0.2, -0.15) is 0 Å². The Bertz CT molecular complexity index is 1190. The molecule has 1 aliphatic heterocycles. The number of benzene rings is 2. The second-order valence-corrected chi connectivity index (χ2v) is 9.32. The Morgan fingerprint density at radius 3 is 2.33 bits per heavy atom. The normalized spacial score (nSPS) is 12.0. The molecule has 39 heavy (non-hydrogen) atoms. The summed E-state index contributed by atoms with van der Waals surface area (Å²) in [6.07, 6.45) is 1.73. The summed E-state index contributed by atoms with van der Waals surface area (Å²) < 4.78 is 12.9. The van der Waals surface area contributed by atoms with Crippen LogP contribution in [-0.4, -0.2) is 52.9 Å². The SMILES string of the molecule is CC.CCOc1cccc(C(=O)N2CCc3c(nc(C=O)n3C(C)C)C2)c1.CNc1ccc(OC(C)C)cc1. The predicted octanol–water partition coefficient (Wildman–Crippen LogP) is 6.42. The van der Waals surface area contributed by atoms with Crippen LogP contribution in [0.4, 0.5) is 5.69 Å². The van der Waals surface area contributed by atoms with Crippen molar-refractivity contribution < 1.29 is 19.1 Å². The molecule has 3 aromatic rings. The fourth-order valence-electron chi connectivity index (χ4n) is 4.30. The molecule has 0 atom stereocenters. The fraction of sp³-hybridized carbons (Fsp3) is 0.452. The number of amides is 1. The van der Waals surface area contributed by atoms with E-state index in [-0.39, 0.29) is 18.1 Å². The summed E-state index contributed by atoms with van der Waals surface area (Å²) in [5.74, 6) is 2.01. The van der Waals surface area contributed by atoms with Gasteiger partial charge in [0.1, 0.15) is 11.5 Å². The highest BCUT2D eigenvalue weighted by atomic mass is 16.5. The zero-order valence-electron chi connectivity index (χ0n) is 24.7. The smallest absolute Gasteiger partial charge is 0.254 e. The van der Waals surface area contributed by atoms with Crippen molar-refractivity contribution in [2.45, 2.75) is 73.6 Å². The Morgan fingerprint density at radius 1 is 1.08 bits per heavy atom. The van der Waals surface area contributed by atoms with Crippen LogP contribution in [0.2, 0.25) is 0 Å². The molecule has 1 N–H and O–H groups in total. The Kier molecular flexibility index (Phi) is 12.5. The van der Waals surface area contributed by atoms with E-state index in [9.17, 15) is 9.59 Å². The van der Waals surface area contributed by atoms with Crippen LogP contribution in [0, 0.1) is 0 Å². The van der Waals surface area contributed by atoms with Crippen LogP contribution in [0.25, 0.3) is 0 Å². The highest BCUT2D eigenvalue weighted by molar-refractivity contribution is 5.94. The number of hydrogen-bond donors (Lipinski definition) is 1. The first kappa shape index (κ1) is 31.4. The predicted molar refractivity (Wildman–Crippen MR) is 157 cm³/mol. The summed E-state index contributed by atoms with van der Waals surface area (Å²) in [6, 6.07) is 15.3. The van der Waals surface area contributed by atoms with Crippen LogP contribution in [0.1, 0.15) is 86.9 Å². The molecule has 0 fully saturated rings. The minimum Gasteiger partial charge on any atom is -0.494 e. The van der Waals surface area contributed by atoms with Crippen molar-refractivity contribution in [2.24, 2.45) is 0 Å². The topological polar surface area (TPSA) is 85.7 Å². The highest BCUT2D eigenvalue weighted by Crippen LogP contribution is 2.25. The zero-order chi connectivity index (χ0) is 28.9. The number of fused-ring (bicyclic) bond motifs is 1. The maximum Gasteiger partial charge on any atom is 0.254 e. The van der Waals surface area contributed by atoms with E-state index in [0.717, 1.165) is 29.1 Å². The first-order valence-corrected chi connectivity index (χ1v) is 13.8. The lowest BCUT2D eigenvalue weighted by molar-refractivity contribution is 0.0730. The third-order valence-corrected chi connectivity index (χ3v) is 5.90. The van der Waals surface area contributed by atoms with Crippen molar-refractivity contribution in [1.29, 1.82) is 0 Å². The first-order valence-electron chi connectivity index (χ1n) is 13.8. The lowest BCUT2D eigenvalue weighted by atomic mass is 10.1. The van der Waals surface area contributed by atoms with E-state index in [1.807, 2.05) is 96.5 Å². The van der Waals surface area contributed by atoms with Crippen LogP contribution < -0.4 is 14.8 Å². The number of nitrogens with zero attached hydrogens (tertiary/aromatic N) is 3. The van der Waals surface area contributed by atoms with Crippen molar-refractivity contribution in [3.63, 3.8) is 0 Å². The van der Waals surface area contributed by atoms with Gasteiger partial charge in [-0.25, -0.2) is 4.98 Å². The van der Waals surface area contributed by atoms with Crippen LogP contribution in [0.5, 0.6) is 11.5 Å². The zero-order valence-corrected chi connectivity index (χ0v) is 24.7. The molecule has 2 aromatic carbocycles. The summed E-state index contributed by atoms with van der Waals surface area (Å²) in [5, 5.41) is 3.05. The van der Waals surface area contributed by atoms with Crippen molar-refractivity contribution >= 4 is 17.9 Å². The molecule has 0 radical (unpaired) electrons. The Hall–Kier alpha value is -3.81. The molecule has 2 heterocycles. The molecule has 8 nitrogen and oxygen atoms in total. The van der Waals surface area contributed by atoms with Gasteiger partial charge in [-0.05, 0) is 77.1 Å². The molecule has 1 aliphatic rings. The minimum absolute atomic E-state index is 0.0426. The lowest BCUT2D eigenvalue weighted by Crippen LogP contribution is -2.36. The van der Waals surface area contributed by atoms with Gasteiger partial charge in [0.25, 0.3) is 5.91 Å². The van der Waals surface area contributed by atoms with Gasteiger partial charge in [-0.3, -0.25) is 9.59 Å². The maximum atomic E-state index is 12.8. The summed E-state index contributed by atoms with van der Waals surface area (Å²) in [4.78, 5) is 30.4. The second kappa shape index (κ2) is 15.6. The van der Waals surface area contributed by atoms with E-state index in [1.54, 1.807) is 17.0 Å². The fourth-order valence-corrected chi connectivity index (χ4v) is 4.30. The van der Waals surface area contributed by atoms with E-state index >= 15 is 0 Å². The molecule has 1 aromatic heterocycles. The summed E-state index contributed by atoms with van der Waals surface area (Å²) in [5.41, 5.74) is 3.58. The number of anilines is 1. The average Bonchev–Trinajstić information content (AvgIpc) is 3.33. The third kappa shape index (κ3) is 8.60. The monoisotopic (exact) mass is 536 g/mol. The Balaban J connectivity index is 0.000000320. The summed E-state index contributed by atoms with van der Waals surface area (Å²) >= 11 is 0. The highest BCUT2D eigenvalue weighted by Gasteiger charge is 2.28. The van der Waals surface area contributed by atoms with Gasteiger partial charge in [-0.1, -0.05) is 19.9 Å². The number of hydrogen-bond acceptors (Lipinski definition) is 6. The van der Waals surface area contributed by atoms with Crippen molar-refractivity contribution in [3.05, 3.63) is 71.3 Å². The van der Waals surface area contributed by atoms with Crippen LogP contribution in [0.15, 0.2) is 48.5 Å². The van der Waals surface area contributed by atoms with E-state index in [2.05, 4.69) is 10.3 Å². The first-order chi connectivity index (χ1) is 18.8. The van der Waals surface area contributed by atoms with E-state index in [0.29, 0.717) is 43.3 Å². The van der Waals surface area contributed by atoms with Gasteiger partial charge in [0.15, 0.2) is 12.1 Å². The number of aldehydes is 1. The number of ether oxygens (including phenoxy) is 2. The van der Waals surface area contributed by atoms with Gasteiger partial charge >= 0.3 is 0 Å². The summed E-state index contributed by atoms with van der Waals surface area (Å²) in [7, 11) is 1.90.